The van der Waals surface area contributed by atoms with Crippen LogP contribution in [0.3, 0.4) is 0 Å². The van der Waals surface area contributed by atoms with Gasteiger partial charge in [0.05, 0.1) is 12.7 Å². The van der Waals surface area contributed by atoms with Crippen LogP contribution in [0.15, 0.2) is 24.3 Å². The number of anilines is 1. The first kappa shape index (κ1) is 15.3. The van der Waals surface area contributed by atoms with Crippen molar-refractivity contribution < 1.29 is 4.74 Å². The Morgan fingerprint density at radius 3 is 2.95 bits per heavy atom. The number of nitrogen functional groups attached to an aromatic ring is 1. The molecule has 2 N–H and O–H groups in total. The number of likely N-dealkylation sites (N-methyl/N-ethyl adjacent to an activating group) is 1. The zero-order valence-electron chi connectivity index (χ0n) is 12.9. The molecule has 2 rings (SSSR count). The van der Waals surface area contributed by atoms with Crippen molar-refractivity contribution in [2.75, 3.05) is 39.0 Å². The quantitative estimate of drug-likeness (QED) is 0.834. The molecule has 1 aromatic carbocycles. The number of benzene rings is 1. The van der Waals surface area contributed by atoms with Crippen molar-refractivity contribution in [3.8, 4) is 0 Å². The molecule has 1 aliphatic rings. The molecule has 0 spiro atoms. The van der Waals surface area contributed by atoms with Gasteiger partial charge >= 0.3 is 0 Å². The lowest BCUT2D eigenvalue weighted by atomic mass is 10.1. The first-order chi connectivity index (χ1) is 9.54. The smallest absolute Gasteiger partial charge is 0.0829 e. The van der Waals surface area contributed by atoms with Gasteiger partial charge < -0.3 is 10.5 Å². The highest BCUT2D eigenvalue weighted by Crippen LogP contribution is 2.12. The maximum Gasteiger partial charge on any atom is 0.0829 e. The lowest BCUT2D eigenvalue weighted by Crippen LogP contribution is -2.49. The average molecular weight is 277 g/mol. The summed E-state index contributed by atoms with van der Waals surface area (Å²) in [5.74, 6) is 0. The summed E-state index contributed by atoms with van der Waals surface area (Å²) >= 11 is 0. The third kappa shape index (κ3) is 4.47. The highest BCUT2D eigenvalue weighted by molar-refractivity contribution is 5.40. The number of nitrogens with two attached hydrogens (primary N) is 1. The minimum Gasteiger partial charge on any atom is -0.399 e. The van der Waals surface area contributed by atoms with Gasteiger partial charge in [-0.3, -0.25) is 9.80 Å². The zero-order chi connectivity index (χ0) is 14.5. The largest absolute Gasteiger partial charge is 0.399 e. The Kier molecular flexibility index (Phi) is 5.40. The molecule has 0 radical (unpaired) electrons. The fourth-order valence-corrected chi connectivity index (χ4v) is 2.74. The van der Waals surface area contributed by atoms with Gasteiger partial charge in [-0.05, 0) is 38.6 Å². The monoisotopic (exact) mass is 277 g/mol. The highest BCUT2D eigenvalue weighted by Gasteiger charge is 2.23. The van der Waals surface area contributed by atoms with Gasteiger partial charge in [0.1, 0.15) is 0 Å². The predicted octanol–water partition coefficient (Wildman–Crippen LogP) is 1.81. The normalized spacial score (nSPS) is 20.8. The summed E-state index contributed by atoms with van der Waals surface area (Å²) in [7, 11) is 2.14. The molecule has 112 valence electrons. The molecular weight excluding hydrogens is 250 g/mol. The molecule has 0 bridgehead atoms. The molecule has 20 heavy (non-hydrogen) atoms. The SMILES string of the molecule is CC(C)N1CCOC(CN(C)Cc2cccc(N)c2)C1. The van der Waals surface area contributed by atoms with Crippen molar-refractivity contribution in [3.05, 3.63) is 29.8 Å². The summed E-state index contributed by atoms with van der Waals surface area (Å²) in [6, 6.07) is 8.69. The second-order valence-corrected chi connectivity index (χ2v) is 6.02. The van der Waals surface area contributed by atoms with E-state index in [1.54, 1.807) is 0 Å². The van der Waals surface area contributed by atoms with E-state index in [2.05, 4.69) is 36.8 Å². The van der Waals surface area contributed by atoms with Crippen molar-refractivity contribution in [2.24, 2.45) is 0 Å². The second kappa shape index (κ2) is 7.07. The van der Waals surface area contributed by atoms with E-state index in [1.807, 2.05) is 18.2 Å². The molecular formula is C16H27N3O. The van der Waals surface area contributed by atoms with E-state index in [1.165, 1.54) is 5.56 Å². The van der Waals surface area contributed by atoms with Crippen LogP contribution < -0.4 is 5.73 Å². The maximum atomic E-state index is 5.88. The Morgan fingerprint density at radius 1 is 1.45 bits per heavy atom. The minimum atomic E-state index is 0.303. The molecule has 0 aliphatic carbocycles. The second-order valence-electron chi connectivity index (χ2n) is 6.02. The molecule has 4 nitrogen and oxygen atoms in total. The van der Waals surface area contributed by atoms with Gasteiger partial charge in [-0.2, -0.15) is 0 Å². The van der Waals surface area contributed by atoms with Gasteiger partial charge in [0.2, 0.25) is 0 Å². The van der Waals surface area contributed by atoms with Crippen LogP contribution in [0.5, 0.6) is 0 Å². The van der Waals surface area contributed by atoms with E-state index < -0.39 is 0 Å². The lowest BCUT2D eigenvalue weighted by molar-refractivity contribution is -0.0502. The Hall–Kier alpha value is -1.10. The number of morpholine rings is 1. The molecule has 4 heteroatoms. The van der Waals surface area contributed by atoms with Crippen molar-refractivity contribution in [1.82, 2.24) is 9.80 Å². The van der Waals surface area contributed by atoms with Crippen LogP contribution in [-0.4, -0.2) is 55.2 Å². The molecule has 0 amide bonds. The molecule has 1 fully saturated rings. The van der Waals surface area contributed by atoms with E-state index in [9.17, 15) is 0 Å². The van der Waals surface area contributed by atoms with E-state index in [4.69, 9.17) is 10.5 Å². The Morgan fingerprint density at radius 2 is 2.25 bits per heavy atom. The molecule has 1 aliphatic heterocycles. The maximum absolute atomic E-state index is 5.88. The van der Waals surface area contributed by atoms with E-state index in [-0.39, 0.29) is 0 Å². The summed E-state index contributed by atoms with van der Waals surface area (Å²) < 4.78 is 5.88. The van der Waals surface area contributed by atoms with Gasteiger partial charge in [-0.1, -0.05) is 12.1 Å². The van der Waals surface area contributed by atoms with Crippen molar-refractivity contribution in [3.63, 3.8) is 0 Å². The van der Waals surface area contributed by atoms with Gasteiger partial charge in [0.25, 0.3) is 0 Å². The number of ether oxygens (including phenoxy) is 1. The number of hydrogen-bond donors (Lipinski definition) is 1. The summed E-state index contributed by atoms with van der Waals surface area (Å²) in [5, 5.41) is 0. The lowest BCUT2D eigenvalue weighted by Gasteiger charge is -2.37. The average Bonchev–Trinajstić information content (AvgIpc) is 2.38. The summed E-state index contributed by atoms with van der Waals surface area (Å²) in [6.45, 7) is 9.28. The van der Waals surface area contributed by atoms with Crippen molar-refractivity contribution in [1.29, 1.82) is 0 Å². The van der Waals surface area contributed by atoms with Crippen LogP contribution in [0, 0.1) is 0 Å². The first-order valence-electron chi connectivity index (χ1n) is 7.43. The minimum absolute atomic E-state index is 0.303. The van der Waals surface area contributed by atoms with Crippen LogP contribution in [0.2, 0.25) is 0 Å². The van der Waals surface area contributed by atoms with Crippen LogP contribution >= 0.6 is 0 Å². The molecule has 1 atom stereocenters. The molecule has 1 saturated heterocycles. The number of rotatable bonds is 5. The fourth-order valence-electron chi connectivity index (χ4n) is 2.74. The zero-order valence-corrected chi connectivity index (χ0v) is 12.9. The molecule has 1 aromatic rings. The number of nitrogens with zero attached hydrogens (tertiary/aromatic N) is 2. The third-order valence-electron chi connectivity index (χ3n) is 3.82. The van der Waals surface area contributed by atoms with Crippen molar-refractivity contribution in [2.45, 2.75) is 32.5 Å². The summed E-state index contributed by atoms with van der Waals surface area (Å²) in [4.78, 5) is 4.80. The van der Waals surface area contributed by atoms with E-state index >= 15 is 0 Å². The Balaban J connectivity index is 1.83. The Bertz CT molecular complexity index is 422. The standard InChI is InChI=1S/C16H27N3O/c1-13(2)19-7-8-20-16(12-19)11-18(3)10-14-5-4-6-15(17)9-14/h4-6,9,13,16H,7-8,10-12,17H2,1-3H3. The molecule has 0 aromatic heterocycles. The molecule has 1 unspecified atom stereocenters. The van der Waals surface area contributed by atoms with Crippen molar-refractivity contribution >= 4 is 5.69 Å². The van der Waals surface area contributed by atoms with E-state index in [0.29, 0.717) is 12.1 Å². The number of hydrogen-bond acceptors (Lipinski definition) is 4. The Labute approximate surface area is 122 Å². The third-order valence-corrected chi connectivity index (χ3v) is 3.82. The van der Waals surface area contributed by atoms with E-state index in [0.717, 1.165) is 38.5 Å². The van der Waals surface area contributed by atoms with Crippen LogP contribution in [0.25, 0.3) is 0 Å². The van der Waals surface area contributed by atoms with Gasteiger partial charge in [-0.15, -0.1) is 0 Å². The molecule has 0 saturated carbocycles. The van der Waals surface area contributed by atoms with Gasteiger partial charge in [0, 0.05) is 37.9 Å². The molecule has 1 heterocycles. The van der Waals surface area contributed by atoms with Gasteiger partial charge in [-0.25, -0.2) is 0 Å². The predicted molar refractivity (Wildman–Crippen MR) is 83.6 cm³/mol. The van der Waals surface area contributed by atoms with Crippen LogP contribution in [0.4, 0.5) is 5.69 Å². The van der Waals surface area contributed by atoms with Crippen LogP contribution in [0.1, 0.15) is 19.4 Å². The first-order valence-corrected chi connectivity index (χ1v) is 7.43. The highest BCUT2D eigenvalue weighted by atomic mass is 16.5. The topological polar surface area (TPSA) is 41.7 Å². The summed E-state index contributed by atoms with van der Waals surface area (Å²) in [6.07, 6.45) is 0.303. The van der Waals surface area contributed by atoms with Gasteiger partial charge in [0.15, 0.2) is 0 Å². The fraction of sp³-hybridized carbons (Fsp3) is 0.625. The summed E-state index contributed by atoms with van der Waals surface area (Å²) in [5.41, 5.74) is 7.90. The van der Waals surface area contributed by atoms with Crippen LogP contribution in [-0.2, 0) is 11.3 Å².